The van der Waals surface area contributed by atoms with Gasteiger partial charge in [0.15, 0.2) is 0 Å². The first-order valence-corrected chi connectivity index (χ1v) is 6.66. The van der Waals surface area contributed by atoms with Gasteiger partial charge in [0, 0.05) is 30.3 Å². The van der Waals surface area contributed by atoms with Crippen molar-refractivity contribution in [3.8, 4) is 11.5 Å². The third-order valence-corrected chi connectivity index (χ3v) is 4.06. The zero-order valence-corrected chi connectivity index (χ0v) is 12.2. The molecule has 106 valence electrons. The Kier molecular flexibility index (Phi) is 4.32. The summed E-state index contributed by atoms with van der Waals surface area (Å²) in [4.78, 5) is 0. The summed E-state index contributed by atoms with van der Waals surface area (Å²) in [5, 5.41) is 3.59. The van der Waals surface area contributed by atoms with Gasteiger partial charge in [0.1, 0.15) is 11.5 Å². The lowest BCUT2D eigenvalue weighted by Gasteiger charge is -2.29. The van der Waals surface area contributed by atoms with Crippen molar-refractivity contribution in [2.45, 2.75) is 38.5 Å². The van der Waals surface area contributed by atoms with Crippen LogP contribution in [0.15, 0.2) is 18.2 Å². The van der Waals surface area contributed by atoms with Crippen LogP contribution in [-0.4, -0.2) is 32.5 Å². The van der Waals surface area contributed by atoms with Crippen LogP contribution in [0.3, 0.4) is 0 Å². The zero-order valence-electron chi connectivity index (χ0n) is 12.2. The Hall–Kier alpha value is -1.26. The van der Waals surface area contributed by atoms with Gasteiger partial charge >= 0.3 is 0 Å². The molecule has 0 amide bonds. The molecule has 1 aliphatic rings. The maximum absolute atomic E-state index is 5.64. The topological polar surface area (TPSA) is 39.7 Å². The van der Waals surface area contributed by atoms with E-state index in [4.69, 9.17) is 14.2 Å². The highest BCUT2D eigenvalue weighted by molar-refractivity contribution is 5.40. The van der Waals surface area contributed by atoms with Crippen LogP contribution < -0.4 is 14.8 Å². The SMILES string of the molecule is COc1ccc(CNC2(C)CCOC2C)c(OC)c1. The molecule has 0 radical (unpaired) electrons. The quantitative estimate of drug-likeness (QED) is 0.887. The fraction of sp³-hybridized carbons (Fsp3) is 0.600. The molecule has 1 fully saturated rings. The third-order valence-electron chi connectivity index (χ3n) is 4.06. The van der Waals surface area contributed by atoms with Crippen molar-refractivity contribution >= 4 is 0 Å². The summed E-state index contributed by atoms with van der Waals surface area (Å²) in [5.74, 6) is 1.66. The predicted molar refractivity (Wildman–Crippen MR) is 74.8 cm³/mol. The summed E-state index contributed by atoms with van der Waals surface area (Å²) in [6.07, 6.45) is 1.27. The van der Waals surface area contributed by atoms with Crippen LogP contribution in [0.2, 0.25) is 0 Å². The first kappa shape index (κ1) is 14.2. The highest BCUT2D eigenvalue weighted by Gasteiger charge is 2.36. The molecule has 4 nitrogen and oxygen atoms in total. The van der Waals surface area contributed by atoms with Gasteiger partial charge in [-0.05, 0) is 26.3 Å². The first-order chi connectivity index (χ1) is 9.09. The summed E-state index contributed by atoms with van der Waals surface area (Å²) in [6.45, 7) is 5.91. The summed E-state index contributed by atoms with van der Waals surface area (Å²) >= 11 is 0. The van der Waals surface area contributed by atoms with Crippen molar-refractivity contribution in [3.63, 3.8) is 0 Å². The Morgan fingerprint density at radius 2 is 2.16 bits per heavy atom. The monoisotopic (exact) mass is 265 g/mol. The Morgan fingerprint density at radius 1 is 1.37 bits per heavy atom. The normalized spacial score (nSPS) is 26.4. The van der Waals surface area contributed by atoms with Crippen LogP contribution in [0, 0.1) is 0 Å². The lowest BCUT2D eigenvalue weighted by atomic mass is 9.94. The van der Waals surface area contributed by atoms with Crippen LogP contribution in [0.1, 0.15) is 25.8 Å². The Bertz CT molecular complexity index is 435. The van der Waals surface area contributed by atoms with Crippen LogP contribution in [-0.2, 0) is 11.3 Å². The fourth-order valence-electron chi connectivity index (χ4n) is 2.36. The second-order valence-electron chi connectivity index (χ2n) is 5.21. The minimum atomic E-state index is 0.0327. The van der Waals surface area contributed by atoms with E-state index in [1.54, 1.807) is 14.2 Å². The summed E-state index contributed by atoms with van der Waals surface area (Å²) in [6, 6.07) is 5.90. The standard InChI is InChI=1S/C15H23NO3/c1-11-15(2,7-8-19-11)16-10-12-5-6-13(17-3)9-14(12)18-4/h5-6,9,11,16H,7-8,10H2,1-4H3. The van der Waals surface area contributed by atoms with Crippen molar-refractivity contribution in [2.75, 3.05) is 20.8 Å². The van der Waals surface area contributed by atoms with E-state index in [0.29, 0.717) is 0 Å². The number of hydrogen-bond donors (Lipinski definition) is 1. The van der Waals surface area contributed by atoms with Crippen LogP contribution in [0.5, 0.6) is 11.5 Å². The van der Waals surface area contributed by atoms with E-state index in [9.17, 15) is 0 Å². The van der Waals surface area contributed by atoms with Gasteiger partial charge in [0.25, 0.3) is 0 Å². The molecule has 2 rings (SSSR count). The van der Waals surface area contributed by atoms with Gasteiger partial charge in [-0.15, -0.1) is 0 Å². The molecule has 1 aromatic rings. The largest absolute Gasteiger partial charge is 0.497 e. The van der Waals surface area contributed by atoms with Gasteiger partial charge in [-0.3, -0.25) is 0 Å². The molecule has 1 N–H and O–H groups in total. The summed E-state index contributed by atoms with van der Waals surface area (Å²) < 4.78 is 16.3. The molecule has 1 aliphatic heterocycles. The molecule has 0 spiro atoms. The molecule has 4 heteroatoms. The van der Waals surface area contributed by atoms with E-state index >= 15 is 0 Å². The maximum Gasteiger partial charge on any atom is 0.127 e. The fourth-order valence-corrected chi connectivity index (χ4v) is 2.36. The van der Waals surface area contributed by atoms with Gasteiger partial charge in [0.05, 0.1) is 20.3 Å². The molecule has 0 aromatic heterocycles. The predicted octanol–water partition coefficient (Wildman–Crippen LogP) is 2.36. The van der Waals surface area contributed by atoms with Crippen molar-refractivity contribution in [3.05, 3.63) is 23.8 Å². The number of methoxy groups -OCH3 is 2. The highest BCUT2D eigenvalue weighted by Crippen LogP contribution is 2.28. The minimum absolute atomic E-state index is 0.0327. The Balaban J connectivity index is 2.07. The van der Waals surface area contributed by atoms with Gasteiger partial charge in [-0.25, -0.2) is 0 Å². The molecule has 2 unspecified atom stereocenters. The maximum atomic E-state index is 5.64. The van der Waals surface area contributed by atoms with Crippen molar-refractivity contribution in [1.29, 1.82) is 0 Å². The molecular formula is C15H23NO3. The van der Waals surface area contributed by atoms with Crippen molar-refractivity contribution < 1.29 is 14.2 Å². The average molecular weight is 265 g/mol. The Morgan fingerprint density at radius 3 is 2.74 bits per heavy atom. The molecule has 1 heterocycles. The van der Waals surface area contributed by atoms with Crippen molar-refractivity contribution in [1.82, 2.24) is 5.32 Å². The first-order valence-electron chi connectivity index (χ1n) is 6.66. The van der Waals surface area contributed by atoms with Gasteiger partial charge in [-0.2, -0.15) is 0 Å². The summed E-state index contributed by atoms with van der Waals surface area (Å²) in [5.41, 5.74) is 1.16. The van der Waals surface area contributed by atoms with E-state index in [1.165, 1.54) is 0 Å². The van der Waals surface area contributed by atoms with Gasteiger partial charge in [0.2, 0.25) is 0 Å². The van der Waals surface area contributed by atoms with E-state index < -0.39 is 0 Å². The number of hydrogen-bond acceptors (Lipinski definition) is 4. The number of nitrogens with one attached hydrogen (secondary N) is 1. The lowest BCUT2D eigenvalue weighted by Crippen LogP contribution is -2.47. The molecule has 1 saturated heterocycles. The van der Waals surface area contributed by atoms with Gasteiger partial charge in [-0.1, -0.05) is 6.07 Å². The second-order valence-corrected chi connectivity index (χ2v) is 5.21. The number of ether oxygens (including phenoxy) is 3. The number of benzene rings is 1. The average Bonchev–Trinajstić information content (AvgIpc) is 2.76. The lowest BCUT2D eigenvalue weighted by molar-refractivity contribution is 0.0880. The van der Waals surface area contributed by atoms with E-state index in [1.807, 2.05) is 18.2 Å². The smallest absolute Gasteiger partial charge is 0.127 e. The van der Waals surface area contributed by atoms with Crippen LogP contribution in [0.4, 0.5) is 0 Å². The van der Waals surface area contributed by atoms with Gasteiger partial charge < -0.3 is 19.5 Å². The number of rotatable bonds is 5. The molecular weight excluding hydrogens is 242 g/mol. The summed E-state index contributed by atoms with van der Waals surface area (Å²) in [7, 11) is 3.34. The van der Waals surface area contributed by atoms with Crippen molar-refractivity contribution in [2.24, 2.45) is 0 Å². The second kappa shape index (κ2) is 5.80. The zero-order chi connectivity index (χ0) is 13.9. The molecule has 0 saturated carbocycles. The molecule has 0 aliphatic carbocycles. The van der Waals surface area contributed by atoms with E-state index in [2.05, 4.69) is 19.2 Å². The molecule has 19 heavy (non-hydrogen) atoms. The molecule has 2 atom stereocenters. The van der Waals surface area contributed by atoms with Crippen LogP contribution >= 0.6 is 0 Å². The molecule has 1 aromatic carbocycles. The van der Waals surface area contributed by atoms with E-state index in [-0.39, 0.29) is 11.6 Å². The Labute approximate surface area is 115 Å². The third kappa shape index (κ3) is 3.01. The van der Waals surface area contributed by atoms with E-state index in [0.717, 1.165) is 36.6 Å². The minimum Gasteiger partial charge on any atom is -0.497 e. The molecule has 0 bridgehead atoms. The highest BCUT2D eigenvalue weighted by atomic mass is 16.5. The van der Waals surface area contributed by atoms with Crippen LogP contribution in [0.25, 0.3) is 0 Å².